The molecule has 0 saturated heterocycles. The zero-order chi connectivity index (χ0) is 16.5. The summed E-state index contributed by atoms with van der Waals surface area (Å²) in [7, 11) is 0. The molecule has 0 aliphatic carbocycles. The normalized spacial score (nSPS) is 16.0. The number of aromatic amines is 1. The molecule has 7 heteroatoms. The second-order valence-electron chi connectivity index (χ2n) is 5.52. The van der Waals surface area contributed by atoms with Crippen LogP contribution < -0.4 is 9.47 Å². The number of hydrogen-bond acceptors (Lipinski definition) is 6. The molecule has 1 aliphatic heterocycles. The number of carbonyl (C=O) groups excluding carboxylic acids is 1. The van der Waals surface area contributed by atoms with E-state index in [1.165, 1.54) is 0 Å². The van der Waals surface area contributed by atoms with Gasteiger partial charge in [0.05, 0.1) is 5.56 Å². The van der Waals surface area contributed by atoms with Crippen LogP contribution in [-0.2, 0) is 0 Å². The summed E-state index contributed by atoms with van der Waals surface area (Å²) in [6.45, 7) is 2.12. The van der Waals surface area contributed by atoms with Gasteiger partial charge >= 0.3 is 0 Å². The monoisotopic (exact) mass is 322 g/mol. The molecule has 24 heavy (non-hydrogen) atoms. The van der Waals surface area contributed by atoms with Crippen molar-refractivity contribution in [3.05, 3.63) is 65.0 Å². The Hall–Kier alpha value is -3.22. The van der Waals surface area contributed by atoms with Gasteiger partial charge in [-0.15, -0.1) is 10.2 Å². The number of carbonyl (C=O) groups is 1. The van der Waals surface area contributed by atoms with Gasteiger partial charge in [0, 0.05) is 5.56 Å². The number of ether oxygens (including phenoxy) is 2. The lowest BCUT2D eigenvalue weighted by molar-refractivity contribution is 0.0820. The van der Waals surface area contributed by atoms with Gasteiger partial charge in [0.1, 0.15) is 6.61 Å². The highest BCUT2D eigenvalue weighted by atomic mass is 16.6. The number of nitrogens with one attached hydrogen (secondary N) is 1. The van der Waals surface area contributed by atoms with Crippen LogP contribution in [0.4, 0.5) is 0 Å². The molecule has 1 unspecified atom stereocenters. The number of nitrogens with zero attached hydrogens (tertiary/aromatic N) is 3. The molecule has 1 aliphatic rings. The van der Waals surface area contributed by atoms with Gasteiger partial charge in [-0.05, 0) is 24.6 Å². The second kappa shape index (κ2) is 5.77. The third-order valence-corrected chi connectivity index (χ3v) is 3.78. The van der Waals surface area contributed by atoms with E-state index in [1.807, 2.05) is 37.3 Å². The molecule has 4 rings (SSSR count). The summed E-state index contributed by atoms with van der Waals surface area (Å²) >= 11 is 0. The molecule has 0 fully saturated rings. The first-order chi connectivity index (χ1) is 11.7. The van der Waals surface area contributed by atoms with E-state index >= 15 is 0 Å². The van der Waals surface area contributed by atoms with Crippen molar-refractivity contribution in [1.29, 1.82) is 0 Å². The van der Waals surface area contributed by atoms with E-state index in [-0.39, 0.29) is 12.4 Å². The minimum Gasteiger partial charge on any atom is -0.485 e. The first-order valence-corrected chi connectivity index (χ1v) is 7.49. The summed E-state index contributed by atoms with van der Waals surface area (Å²) < 4.78 is 11.7. The maximum absolute atomic E-state index is 12.8. The van der Waals surface area contributed by atoms with Crippen LogP contribution in [0, 0.1) is 6.92 Å². The van der Waals surface area contributed by atoms with E-state index in [9.17, 15) is 4.79 Å². The summed E-state index contributed by atoms with van der Waals surface area (Å²) in [5.41, 5.74) is 2.00. The number of ketones is 1. The molecule has 2 aromatic carbocycles. The molecule has 0 bridgehead atoms. The van der Waals surface area contributed by atoms with Crippen LogP contribution in [0.1, 0.15) is 33.4 Å². The maximum atomic E-state index is 12.8. The largest absolute Gasteiger partial charge is 0.485 e. The van der Waals surface area contributed by atoms with Crippen molar-refractivity contribution >= 4 is 5.78 Å². The third-order valence-electron chi connectivity index (χ3n) is 3.78. The number of tetrazole rings is 1. The molecule has 1 N–H and O–H groups in total. The number of aromatic nitrogens is 4. The van der Waals surface area contributed by atoms with Crippen LogP contribution >= 0.6 is 0 Å². The predicted molar refractivity (Wildman–Crippen MR) is 84.1 cm³/mol. The predicted octanol–water partition coefficient (Wildman–Crippen LogP) is 2.25. The zero-order valence-corrected chi connectivity index (χ0v) is 12.9. The van der Waals surface area contributed by atoms with E-state index in [4.69, 9.17) is 9.47 Å². The standard InChI is InChI=1S/C17H14N4O3/c1-10-7-12(15(22)11-5-3-2-4-6-11)16-13(8-10)24-14(9-23-16)17-18-20-21-19-17/h2-8,14H,9H2,1H3,(H,18,19,20,21). The second-order valence-corrected chi connectivity index (χ2v) is 5.52. The van der Waals surface area contributed by atoms with Crippen molar-refractivity contribution in [3.8, 4) is 11.5 Å². The van der Waals surface area contributed by atoms with Gasteiger partial charge in [0.2, 0.25) is 5.82 Å². The molecule has 0 saturated carbocycles. The van der Waals surface area contributed by atoms with Crippen LogP contribution in [0.5, 0.6) is 11.5 Å². The van der Waals surface area contributed by atoms with Crippen molar-refractivity contribution in [2.45, 2.75) is 13.0 Å². The molecule has 0 amide bonds. The lowest BCUT2D eigenvalue weighted by atomic mass is 9.99. The topological polar surface area (TPSA) is 90.0 Å². The fraction of sp³-hybridized carbons (Fsp3) is 0.176. The maximum Gasteiger partial charge on any atom is 0.218 e. The highest BCUT2D eigenvalue weighted by Gasteiger charge is 2.29. The van der Waals surface area contributed by atoms with Gasteiger partial charge in [-0.2, -0.15) is 5.21 Å². The fourth-order valence-corrected chi connectivity index (χ4v) is 2.67. The van der Waals surface area contributed by atoms with Crippen LogP contribution in [0.3, 0.4) is 0 Å². The lowest BCUT2D eigenvalue weighted by Gasteiger charge is -2.26. The van der Waals surface area contributed by atoms with Gasteiger partial charge in [-0.3, -0.25) is 4.79 Å². The molecular formula is C17H14N4O3. The molecule has 7 nitrogen and oxygen atoms in total. The van der Waals surface area contributed by atoms with Gasteiger partial charge < -0.3 is 9.47 Å². The first kappa shape index (κ1) is 14.4. The Morgan fingerprint density at radius 2 is 2.08 bits per heavy atom. The average molecular weight is 322 g/mol. The summed E-state index contributed by atoms with van der Waals surface area (Å²) in [4.78, 5) is 12.8. The molecule has 0 spiro atoms. The number of aryl methyl sites for hydroxylation is 1. The van der Waals surface area contributed by atoms with Crippen molar-refractivity contribution in [2.75, 3.05) is 6.61 Å². The molecule has 1 aromatic heterocycles. The van der Waals surface area contributed by atoms with Gasteiger partial charge in [-0.1, -0.05) is 35.5 Å². The first-order valence-electron chi connectivity index (χ1n) is 7.49. The minimum absolute atomic E-state index is 0.0999. The average Bonchev–Trinajstić information content (AvgIpc) is 3.15. The van der Waals surface area contributed by atoms with E-state index in [1.54, 1.807) is 12.1 Å². The van der Waals surface area contributed by atoms with Crippen LogP contribution in [0.2, 0.25) is 0 Å². The zero-order valence-electron chi connectivity index (χ0n) is 12.9. The molecule has 1 atom stereocenters. The summed E-state index contributed by atoms with van der Waals surface area (Å²) in [6.07, 6.45) is -0.460. The highest BCUT2D eigenvalue weighted by molar-refractivity contribution is 6.11. The van der Waals surface area contributed by atoms with Crippen LogP contribution in [0.15, 0.2) is 42.5 Å². The van der Waals surface area contributed by atoms with Gasteiger partial charge in [0.15, 0.2) is 23.4 Å². The van der Waals surface area contributed by atoms with Crippen LogP contribution in [0.25, 0.3) is 0 Å². The minimum atomic E-state index is -0.460. The lowest BCUT2D eigenvalue weighted by Crippen LogP contribution is -2.24. The smallest absolute Gasteiger partial charge is 0.218 e. The van der Waals surface area contributed by atoms with Crippen molar-refractivity contribution in [1.82, 2.24) is 20.6 Å². The Kier molecular flexibility index (Phi) is 3.45. The Labute approximate surface area is 137 Å². The van der Waals surface area contributed by atoms with Gasteiger partial charge in [-0.25, -0.2) is 0 Å². The SMILES string of the molecule is Cc1cc2c(c(C(=O)c3ccccc3)c1)OCC(c1nn[nH]n1)O2. The Bertz CT molecular complexity index is 878. The van der Waals surface area contributed by atoms with E-state index in [0.717, 1.165) is 5.56 Å². The Morgan fingerprint density at radius 1 is 1.25 bits per heavy atom. The summed E-state index contributed by atoms with van der Waals surface area (Å²) in [5, 5.41) is 13.8. The fourth-order valence-electron chi connectivity index (χ4n) is 2.67. The number of H-pyrrole nitrogens is 1. The van der Waals surface area contributed by atoms with Crippen molar-refractivity contribution < 1.29 is 14.3 Å². The molecule has 2 heterocycles. The van der Waals surface area contributed by atoms with E-state index < -0.39 is 6.10 Å². The van der Waals surface area contributed by atoms with Gasteiger partial charge in [0.25, 0.3) is 0 Å². The summed E-state index contributed by atoms with van der Waals surface area (Å²) in [5.74, 6) is 1.28. The third kappa shape index (κ3) is 2.50. The highest BCUT2D eigenvalue weighted by Crippen LogP contribution is 2.40. The molecule has 3 aromatic rings. The number of benzene rings is 2. The van der Waals surface area contributed by atoms with Crippen LogP contribution in [-0.4, -0.2) is 33.0 Å². The quantitative estimate of drug-likeness (QED) is 0.744. The Morgan fingerprint density at radius 3 is 2.83 bits per heavy atom. The number of rotatable bonds is 3. The van der Waals surface area contributed by atoms with E-state index in [2.05, 4.69) is 20.6 Å². The number of hydrogen-bond donors (Lipinski definition) is 1. The number of fused-ring (bicyclic) bond motifs is 1. The van der Waals surface area contributed by atoms with Crippen molar-refractivity contribution in [3.63, 3.8) is 0 Å². The summed E-state index contributed by atoms with van der Waals surface area (Å²) in [6, 6.07) is 12.7. The van der Waals surface area contributed by atoms with E-state index in [0.29, 0.717) is 28.5 Å². The molecular weight excluding hydrogens is 308 g/mol. The Balaban J connectivity index is 1.72. The van der Waals surface area contributed by atoms with Crippen molar-refractivity contribution in [2.24, 2.45) is 0 Å². The molecule has 120 valence electrons. The molecule has 0 radical (unpaired) electrons.